The summed E-state index contributed by atoms with van der Waals surface area (Å²) in [4.78, 5) is 12.5. The Kier molecular flexibility index (Phi) is 5.08. The van der Waals surface area contributed by atoms with Crippen LogP contribution in [0.2, 0.25) is 0 Å². The predicted molar refractivity (Wildman–Crippen MR) is 82.8 cm³/mol. The van der Waals surface area contributed by atoms with Gasteiger partial charge in [-0.2, -0.15) is 0 Å². The second kappa shape index (κ2) is 7.22. The normalized spacial score (nSPS) is 10.0. The van der Waals surface area contributed by atoms with E-state index in [1.54, 1.807) is 18.2 Å². The molecule has 0 fully saturated rings. The first kappa shape index (κ1) is 14.8. The molecule has 2 rings (SSSR count). The van der Waals surface area contributed by atoms with Gasteiger partial charge in [0.2, 0.25) is 0 Å². The third-order valence-corrected chi connectivity index (χ3v) is 2.97. The molecular formula is C17H16N2O2. The zero-order valence-electron chi connectivity index (χ0n) is 11.8. The lowest BCUT2D eigenvalue weighted by atomic mass is 10.2. The van der Waals surface area contributed by atoms with Crippen molar-refractivity contribution in [1.82, 2.24) is 4.90 Å². The number of para-hydroxylation sites is 1. The highest BCUT2D eigenvalue weighted by molar-refractivity contribution is 5.50. The fraction of sp³-hybridized carbons (Fsp3) is 0.176. The van der Waals surface area contributed by atoms with Crippen molar-refractivity contribution in [1.29, 1.82) is 0 Å². The summed E-state index contributed by atoms with van der Waals surface area (Å²) in [6.07, 6.45) is 0. The van der Waals surface area contributed by atoms with Crippen molar-refractivity contribution >= 4 is 5.69 Å². The van der Waals surface area contributed by atoms with E-state index in [1.165, 1.54) is 11.6 Å². The van der Waals surface area contributed by atoms with Crippen LogP contribution in [0.4, 0.5) is 5.69 Å². The summed E-state index contributed by atoms with van der Waals surface area (Å²) in [5.74, 6) is 5.87. The van der Waals surface area contributed by atoms with E-state index in [1.807, 2.05) is 25.2 Å². The summed E-state index contributed by atoms with van der Waals surface area (Å²) < 4.78 is 0. The van der Waals surface area contributed by atoms with Crippen molar-refractivity contribution < 1.29 is 4.92 Å². The van der Waals surface area contributed by atoms with Crippen LogP contribution in [0.25, 0.3) is 0 Å². The van der Waals surface area contributed by atoms with Crippen LogP contribution in [0.3, 0.4) is 0 Å². The van der Waals surface area contributed by atoms with Crippen LogP contribution in [0.15, 0.2) is 54.6 Å². The second-order valence-corrected chi connectivity index (χ2v) is 4.73. The maximum absolute atomic E-state index is 10.9. The van der Waals surface area contributed by atoms with Gasteiger partial charge in [-0.3, -0.25) is 15.0 Å². The molecule has 0 heterocycles. The first-order valence-electron chi connectivity index (χ1n) is 6.61. The van der Waals surface area contributed by atoms with Crippen LogP contribution in [-0.4, -0.2) is 23.4 Å². The van der Waals surface area contributed by atoms with Crippen molar-refractivity contribution in [2.24, 2.45) is 0 Å². The summed E-state index contributed by atoms with van der Waals surface area (Å²) in [6, 6.07) is 16.6. The van der Waals surface area contributed by atoms with E-state index in [4.69, 9.17) is 0 Å². The fourth-order valence-electron chi connectivity index (χ4n) is 1.96. The topological polar surface area (TPSA) is 46.4 Å². The Hall–Kier alpha value is -2.64. The minimum Gasteiger partial charge on any atom is -0.291 e. The highest BCUT2D eigenvalue weighted by atomic mass is 16.6. The third-order valence-electron chi connectivity index (χ3n) is 2.97. The zero-order valence-corrected chi connectivity index (χ0v) is 11.8. The Morgan fingerprint density at radius 3 is 2.48 bits per heavy atom. The van der Waals surface area contributed by atoms with Crippen molar-refractivity contribution in [3.05, 3.63) is 75.8 Å². The highest BCUT2D eigenvalue weighted by Gasteiger charge is 2.09. The molecule has 106 valence electrons. The number of nitrogens with zero attached hydrogens (tertiary/aromatic N) is 2. The third kappa shape index (κ3) is 4.44. The number of nitro benzene ring substituents is 1. The number of hydrogen-bond donors (Lipinski definition) is 0. The standard InChI is InChI=1S/C17H16N2O2/c1-18(14-15-8-3-2-4-9-15)13-7-11-16-10-5-6-12-17(16)19(20)21/h2-6,8-10,12H,13-14H2,1H3. The molecule has 0 N–H and O–H groups in total. The Balaban J connectivity index is 1.99. The van der Waals surface area contributed by atoms with E-state index in [9.17, 15) is 10.1 Å². The van der Waals surface area contributed by atoms with E-state index in [0.717, 1.165) is 6.54 Å². The van der Waals surface area contributed by atoms with E-state index in [-0.39, 0.29) is 5.69 Å². The van der Waals surface area contributed by atoms with E-state index < -0.39 is 4.92 Å². The zero-order chi connectivity index (χ0) is 15.1. The first-order valence-corrected chi connectivity index (χ1v) is 6.61. The molecular weight excluding hydrogens is 264 g/mol. The SMILES string of the molecule is CN(CC#Cc1ccccc1[N+](=O)[O-])Cc1ccccc1. The number of benzene rings is 2. The molecule has 2 aromatic rings. The molecule has 0 saturated carbocycles. The van der Waals surface area contributed by atoms with Gasteiger partial charge in [-0.1, -0.05) is 54.3 Å². The quantitative estimate of drug-likeness (QED) is 0.491. The van der Waals surface area contributed by atoms with Gasteiger partial charge in [-0.05, 0) is 18.7 Å². The van der Waals surface area contributed by atoms with E-state index in [2.05, 4.69) is 28.9 Å². The van der Waals surface area contributed by atoms with Gasteiger partial charge in [0.25, 0.3) is 5.69 Å². The van der Waals surface area contributed by atoms with Crippen LogP contribution in [-0.2, 0) is 6.54 Å². The maximum atomic E-state index is 10.9. The Morgan fingerprint density at radius 1 is 1.10 bits per heavy atom. The van der Waals surface area contributed by atoms with Crippen LogP contribution in [0.1, 0.15) is 11.1 Å². The molecule has 0 aliphatic rings. The molecule has 0 saturated heterocycles. The molecule has 0 spiro atoms. The average molecular weight is 280 g/mol. The molecule has 0 unspecified atom stereocenters. The second-order valence-electron chi connectivity index (χ2n) is 4.73. The van der Waals surface area contributed by atoms with Crippen molar-refractivity contribution in [2.45, 2.75) is 6.54 Å². The minimum absolute atomic E-state index is 0.0516. The van der Waals surface area contributed by atoms with Gasteiger partial charge in [0.05, 0.1) is 11.5 Å². The molecule has 0 atom stereocenters. The number of rotatable bonds is 4. The fourth-order valence-corrected chi connectivity index (χ4v) is 1.96. The molecule has 4 nitrogen and oxygen atoms in total. The van der Waals surface area contributed by atoms with E-state index >= 15 is 0 Å². The average Bonchev–Trinajstić information content (AvgIpc) is 2.48. The molecule has 21 heavy (non-hydrogen) atoms. The van der Waals surface area contributed by atoms with Gasteiger partial charge in [-0.25, -0.2) is 0 Å². The van der Waals surface area contributed by atoms with Gasteiger partial charge < -0.3 is 0 Å². The van der Waals surface area contributed by atoms with Crippen LogP contribution < -0.4 is 0 Å². The van der Waals surface area contributed by atoms with E-state index in [0.29, 0.717) is 12.1 Å². The molecule has 0 amide bonds. The molecule has 4 heteroatoms. The summed E-state index contributed by atoms with van der Waals surface area (Å²) in [6.45, 7) is 1.35. The van der Waals surface area contributed by atoms with Gasteiger partial charge in [0.1, 0.15) is 5.56 Å². The number of nitro groups is 1. The Morgan fingerprint density at radius 2 is 1.76 bits per heavy atom. The van der Waals surface area contributed by atoms with Gasteiger partial charge >= 0.3 is 0 Å². The summed E-state index contributed by atoms with van der Waals surface area (Å²) in [5.41, 5.74) is 1.72. The maximum Gasteiger partial charge on any atom is 0.284 e. The van der Waals surface area contributed by atoms with Gasteiger partial charge in [0.15, 0.2) is 0 Å². The molecule has 0 aliphatic heterocycles. The van der Waals surface area contributed by atoms with Crippen LogP contribution >= 0.6 is 0 Å². The van der Waals surface area contributed by atoms with Crippen molar-refractivity contribution in [3.63, 3.8) is 0 Å². The lowest BCUT2D eigenvalue weighted by Crippen LogP contribution is -2.17. The summed E-state index contributed by atoms with van der Waals surface area (Å²) in [5, 5.41) is 10.9. The largest absolute Gasteiger partial charge is 0.291 e. The van der Waals surface area contributed by atoms with Gasteiger partial charge in [0, 0.05) is 12.6 Å². The molecule has 2 aromatic carbocycles. The highest BCUT2D eigenvalue weighted by Crippen LogP contribution is 2.15. The van der Waals surface area contributed by atoms with Crippen molar-refractivity contribution in [2.75, 3.05) is 13.6 Å². The first-order chi connectivity index (χ1) is 10.2. The predicted octanol–water partition coefficient (Wildman–Crippen LogP) is 3.08. The minimum atomic E-state index is -0.405. The molecule has 0 radical (unpaired) electrons. The Labute approximate surface area is 124 Å². The monoisotopic (exact) mass is 280 g/mol. The molecule has 0 aromatic heterocycles. The van der Waals surface area contributed by atoms with Crippen molar-refractivity contribution in [3.8, 4) is 11.8 Å². The van der Waals surface area contributed by atoms with Crippen LogP contribution in [0.5, 0.6) is 0 Å². The lowest BCUT2D eigenvalue weighted by molar-refractivity contribution is -0.385. The summed E-state index contributed by atoms with van der Waals surface area (Å²) >= 11 is 0. The summed E-state index contributed by atoms with van der Waals surface area (Å²) in [7, 11) is 1.97. The molecule has 0 bridgehead atoms. The molecule has 0 aliphatic carbocycles. The smallest absolute Gasteiger partial charge is 0.284 e. The van der Waals surface area contributed by atoms with Gasteiger partial charge in [-0.15, -0.1) is 0 Å². The Bertz CT molecular complexity index is 672. The lowest BCUT2D eigenvalue weighted by Gasteiger charge is -2.12. The number of hydrogen-bond acceptors (Lipinski definition) is 3. The van der Waals surface area contributed by atoms with Crippen LogP contribution in [0, 0.1) is 22.0 Å².